The molecule has 1 nitrogen and oxygen atoms in total. The van der Waals surface area contributed by atoms with Gasteiger partial charge in [-0.25, -0.2) is 4.39 Å². The molecule has 3 heteroatoms. The van der Waals surface area contributed by atoms with Crippen molar-refractivity contribution in [3.05, 3.63) is 29.6 Å². The Balaban J connectivity index is 0.000001000. The molecule has 0 atom stereocenters. The third-order valence-corrected chi connectivity index (χ3v) is 1.42. The van der Waals surface area contributed by atoms with Gasteiger partial charge in [0.15, 0.2) is 0 Å². The summed E-state index contributed by atoms with van der Waals surface area (Å²) in [6, 6.07) is 3.96. The number of phenolic OH excluding ortho intramolecular Hbond substituents is 1. The van der Waals surface area contributed by atoms with Gasteiger partial charge in [-0.2, -0.15) is 0 Å². The van der Waals surface area contributed by atoms with Crippen LogP contribution in [0, 0.1) is 5.82 Å². The van der Waals surface area contributed by atoms with Gasteiger partial charge in [0.1, 0.15) is 11.6 Å². The van der Waals surface area contributed by atoms with Gasteiger partial charge in [0.05, 0.1) is 0 Å². The van der Waals surface area contributed by atoms with Gasteiger partial charge in [-0.3, -0.25) is 0 Å². The molecule has 0 aliphatic carbocycles. The standard InChI is InChI=1S/C8H9FO.Re/c1-2-6-5-7(9)3-4-8(6)10;/h3-5,10H,2H2,1H3;. The molecule has 0 saturated carbocycles. The van der Waals surface area contributed by atoms with Gasteiger partial charge in [-0.15, -0.1) is 0 Å². The minimum atomic E-state index is -0.297. The number of hydrogen-bond acceptors (Lipinski definition) is 1. The average molecular weight is 326 g/mol. The maximum Gasteiger partial charge on any atom is 0.123 e. The van der Waals surface area contributed by atoms with E-state index in [1.807, 2.05) is 6.92 Å². The van der Waals surface area contributed by atoms with Crippen molar-refractivity contribution in [2.75, 3.05) is 0 Å². The summed E-state index contributed by atoms with van der Waals surface area (Å²) in [4.78, 5) is 0. The van der Waals surface area contributed by atoms with Crippen molar-refractivity contribution in [2.24, 2.45) is 0 Å². The number of rotatable bonds is 1. The fourth-order valence-electron chi connectivity index (χ4n) is 0.837. The summed E-state index contributed by atoms with van der Waals surface area (Å²) in [5.74, 6) is -0.126. The Labute approximate surface area is 78.9 Å². The molecule has 1 radical (unpaired) electrons. The van der Waals surface area contributed by atoms with Gasteiger partial charge >= 0.3 is 0 Å². The van der Waals surface area contributed by atoms with Gasteiger partial charge < -0.3 is 5.11 Å². The predicted octanol–water partition coefficient (Wildman–Crippen LogP) is 2.09. The molecule has 0 unspecified atom stereocenters. The van der Waals surface area contributed by atoms with Gasteiger partial charge in [0, 0.05) is 20.4 Å². The Bertz CT molecular complexity index is 238. The summed E-state index contributed by atoms with van der Waals surface area (Å²) in [6.07, 6.45) is 0.656. The van der Waals surface area contributed by atoms with Crippen molar-refractivity contribution in [1.29, 1.82) is 0 Å². The van der Waals surface area contributed by atoms with E-state index < -0.39 is 0 Å². The fourth-order valence-corrected chi connectivity index (χ4v) is 0.837. The van der Waals surface area contributed by atoms with Crippen LogP contribution in [0.3, 0.4) is 0 Å². The topological polar surface area (TPSA) is 20.2 Å². The second-order valence-corrected chi connectivity index (χ2v) is 2.13. The van der Waals surface area contributed by atoms with Crippen LogP contribution in [0.25, 0.3) is 0 Å². The number of phenols is 1. The Kier molecular flexibility index (Phi) is 4.32. The molecule has 0 aromatic heterocycles. The van der Waals surface area contributed by atoms with Crippen LogP contribution in [-0.2, 0) is 26.8 Å². The Morgan fingerprint density at radius 3 is 2.55 bits per heavy atom. The number of aromatic hydroxyl groups is 1. The minimum absolute atomic E-state index is 0. The second kappa shape index (κ2) is 4.48. The van der Waals surface area contributed by atoms with Gasteiger partial charge in [0.2, 0.25) is 0 Å². The van der Waals surface area contributed by atoms with Crippen LogP contribution in [0.4, 0.5) is 4.39 Å². The molecular formula is C8H9FORe. The maximum absolute atomic E-state index is 12.4. The molecule has 1 aromatic rings. The zero-order chi connectivity index (χ0) is 7.56. The molecule has 1 aromatic carbocycles. The molecule has 0 saturated heterocycles. The zero-order valence-electron chi connectivity index (χ0n) is 6.14. The molecular weight excluding hydrogens is 317 g/mol. The smallest absolute Gasteiger partial charge is 0.123 e. The quantitative estimate of drug-likeness (QED) is 0.838. The normalized spacial score (nSPS) is 8.91. The van der Waals surface area contributed by atoms with E-state index in [1.54, 1.807) is 0 Å². The van der Waals surface area contributed by atoms with Crippen molar-refractivity contribution in [3.63, 3.8) is 0 Å². The van der Waals surface area contributed by atoms with E-state index in [-0.39, 0.29) is 32.0 Å². The molecule has 1 rings (SSSR count). The summed E-state index contributed by atoms with van der Waals surface area (Å²) in [7, 11) is 0. The van der Waals surface area contributed by atoms with E-state index in [1.165, 1.54) is 18.2 Å². The van der Waals surface area contributed by atoms with E-state index in [2.05, 4.69) is 0 Å². The summed E-state index contributed by atoms with van der Waals surface area (Å²) < 4.78 is 12.4. The number of aryl methyl sites for hydroxylation is 1. The van der Waals surface area contributed by atoms with Crippen LogP contribution in [0.1, 0.15) is 12.5 Å². The van der Waals surface area contributed by atoms with Crippen LogP contribution < -0.4 is 0 Å². The van der Waals surface area contributed by atoms with E-state index in [9.17, 15) is 4.39 Å². The molecule has 0 aliphatic heterocycles. The van der Waals surface area contributed by atoms with Gasteiger partial charge in [-0.1, -0.05) is 6.92 Å². The van der Waals surface area contributed by atoms with Crippen LogP contribution in [0.5, 0.6) is 5.75 Å². The van der Waals surface area contributed by atoms with E-state index in [0.717, 1.165) is 0 Å². The zero-order valence-corrected chi connectivity index (χ0v) is 8.86. The first-order valence-electron chi connectivity index (χ1n) is 3.21. The van der Waals surface area contributed by atoms with Crippen LogP contribution in [0.15, 0.2) is 18.2 Å². The van der Waals surface area contributed by atoms with Crippen molar-refractivity contribution >= 4 is 0 Å². The summed E-state index contributed by atoms with van der Waals surface area (Å²) >= 11 is 0. The first-order chi connectivity index (χ1) is 4.74. The van der Waals surface area contributed by atoms with Crippen LogP contribution in [-0.4, -0.2) is 5.11 Å². The monoisotopic (exact) mass is 327 g/mol. The van der Waals surface area contributed by atoms with Crippen LogP contribution >= 0.6 is 0 Å². The molecule has 1 N–H and O–H groups in total. The molecule has 0 spiro atoms. The Morgan fingerprint density at radius 1 is 1.45 bits per heavy atom. The average Bonchev–Trinajstić information content (AvgIpc) is 1.94. The fraction of sp³-hybridized carbons (Fsp3) is 0.250. The summed E-state index contributed by atoms with van der Waals surface area (Å²) in [5, 5.41) is 9.07. The molecule has 0 amide bonds. The SMILES string of the molecule is CCc1cc(F)ccc1O.[Re]. The van der Waals surface area contributed by atoms with E-state index >= 15 is 0 Å². The molecule has 0 bridgehead atoms. The van der Waals surface area contributed by atoms with Crippen molar-refractivity contribution in [2.45, 2.75) is 13.3 Å². The van der Waals surface area contributed by atoms with Crippen molar-refractivity contribution in [1.82, 2.24) is 0 Å². The predicted molar refractivity (Wildman–Crippen MR) is 37.4 cm³/mol. The maximum atomic E-state index is 12.4. The molecule has 0 aliphatic rings. The Hall–Kier alpha value is -0.388. The van der Waals surface area contributed by atoms with Gasteiger partial charge in [0.25, 0.3) is 0 Å². The summed E-state index contributed by atoms with van der Waals surface area (Å²) in [6.45, 7) is 1.87. The van der Waals surface area contributed by atoms with E-state index in [0.29, 0.717) is 12.0 Å². The number of hydrogen-bond donors (Lipinski definition) is 1. The third kappa shape index (κ3) is 2.61. The first-order valence-corrected chi connectivity index (χ1v) is 3.21. The van der Waals surface area contributed by atoms with Crippen LogP contribution in [0.2, 0.25) is 0 Å². The van der Waals surface area contributed by atoms with Crippen molar-refractivity contribution < 1.29 is 29.9 Å². The molecule has 61 valence electrons. The van der Waals surface area contributed by atoms with E-state index in [4.69, 9.17) is 5.11 Å². The number of benzene rings is 1. The first kappa shape index (κ1) is 10.6. The molecule has 0 fully saturated rings. The number of halogens is 1. The molecule has 11 heavy (non-hydrogen) atoms. The van der Waals surface area contributed by atoms with Gasteiger partial charge in [-0.05, 0) is 30.2 Å². The molecule has 0 heterocycles. The second-order valence-electron chi connectivity index (χ2n) is 2.13. The largest absolute Gasteiger partial charge is 0.508 e. The minimum Gasteiger partial charge on any atom is -0.508 e. The summed E-state index contributed by atoms with van der Waals surface area (Å²) in [5.41, 5.74) is 0.653. The third-order valence-electron chi connectivity index (χ3n) is 1.42. The van der Waals surface area contributed by atoms with Crippen molar-refractivity contribution in [3.8, 4) is 5.75 Å². The Morgan fingerprint density at radius 2 is 2.09 bits per heavy atom.